The van der Waals surface area contributed by atoms with Gasteiger partial charge < -0.3 is 0 Å². The molecule has 0 bridgehead atoms. The molecule has 0 fully saturated rings. The maximum absolute atomic E-state index is 14.0. The first-order chi connectivity index (χ1) is 12.7. The van der Waals surface area contributed by atoms with Gasteiger partial charge in [-0.2, -0.15) is 22.0 Å². The molecule has 27 heavy (non-hydrogen) atoms. The maximum Gasteiger partial charge on any atom is 0.461 e. The average Bonchev–Trinajstić information content (AvgIpc) is 3.05. The second kappa shape index (κ2) is 5.85. The smallest absolute Gasteiger partial charge is 0.257 e. The highest BCUT2D eigenvalue weighted by atomic mass is 35.5. The minimum Gasteiger partial charge on any atom is -0.257 e. The Kier molecular flexibility index (Phi) is 3.81. The number of alkyl halides is 5. The number of nitrogens with zero attached hydrogens (tertiary/aromatic N) is 4. The maximum atomic E-state index is 14.0. The monoisotopic (exact) mass is 398 g/mol. The summed E-state index contributed by atoms with van der Waals surface area (Å²) in [5, 5.41) is 7.10. The van der Waals surface area contributed by atoms with E-state index < -0.39 is 17.9 Å². The van der Waals surface area contributed by atoms with Crippen molar-refractivity contribution in [1.29, 1.82) is 0 Å². The van der Waals surface area contributed by atoms with E-state index in [4.69, 9.17) is 11.6 Å². The van der Waals surface area contributed by atoms with Crippen molar-refractivity contribution in [3.63, 3.8) is 0 Å². The molecule has 2 heterocycles. The van der Waals surface area contributed by atoms with E-state index in [1.165, 1.54) is 18.2 Å². The molecule has 0 aliphatic rings. The summed E-state index contributed by atoms with van der Waals surface area (Å²) in [6.45, 7) is 0. The number of benzene rings is 2. The van der Waals surface area contributed by atoms with Gasteiger partial charge in [0.1, 0.15) is 0 Å². The Hall–Kier alpha value is -2.81. The van der Waals surface area contributed by atoms with Crippen LogP contribution in [-0.4, -0.2) is 25.8 Å². The zero-order valence-corrected chi connectivity index (χ0v) is 13.9. The summed E-state index contributed by atoms with van der Waals surface area (Å²) in [6, 6.07) is 12.9. The molecule has 2 aromatic heterocycles. The summed E-state index contributed by atoms with van der Waals surface area (Å²) < 4.78 is 67.1. The molecular weight excluding hydrogens is 391 g/mol. The molecule has 0 atom stereocenters. The van der Waals surface area contributed by atoms with Gasteiger partial charge in [0.15, 0.2) is 0 Å². The Morgan fingerprint density at radius 1 is 0.889 bits per heavy atom. The van der Waals surface area contributed by atoms with E-state index in [1.807, 2.05) is 0 Å². The molecule has 138 valence electrons. The van der Waals surface area contributed by atoms with E-state index >= 15 is 0 Å². The standard InChI is InChI=1S/C17H8ClF5N4/c18-10-6-7-12-11(8-10)13(9-4-2-1-3-5-9)24-15-26-25-14(27(12)15)16(19,20)17(21,22)23/h1-8H. The van der Waals surface area contributed by atoms with Crippen LogP contribution >= 0.6 is 11.6 Å². The van der Waals surface area contributed by atoms with Gasteiger partial charge in [0, 0.05) is 16.0 Å². The van der Waals surface area contributed by atoms with Crippen molar-refractivity contribution in [3.05, 3.63) is 59.4 Å². The molecule has 0 N–H and O–H groups in total. The Labute approximate surface area is 153 Å². The van der Waals surface area contributed by atoms with Crippen LogP contribution < -0.4 is 0 Å². The normalized spacial score (nSPS) is 12.8. The van der Waals surface area contributed by atoms with Crippen LogP contribution in [0.4, 0.5) is 22.0 Å². The number of hydrogen-bond acceptors (Lipinski definition) is 3. The Bertz CT molecular complexity index is 1150. The van der Waals surface area contributed by atoms with Gasteiger partial charge in [0.05, 0.1) is 11.2 Å². The number of fused-ring (bicyclic) bond motifs is 3. The highest BCUT2D eigenvalue weighted by Gasteiger charge is 2.62. The van der Waals surface area contributed by atoms with E-state index in [9.17, 15) is 22.0 Å². The SMILES string of the molecule is FC(F)(F)C(F)(F)c1nnc2nc(-c3ccccc3)c3cc(Cl)ccc3n12. The third-order valence-corrected chi connectivity index (χ3v) is 4.23. The zero-order valence-electron chi connectivity index (χ0n) is 13.2. The van der Waals surface area contributed by atoms with Crippen LogP contribution in [0.3, 0.4) is 0 Å². The van der Waals surface area contributed by atoms with Crippen molar-refractivity contribution in [2.75, 3.05) is 0 Å². The van der Waals surface area contributed by atoms with Gasteiger partial charge in [0.2, 0.25) is 5.82 Å². The highest BCUT2D eigenvalue weighted by molar-refractivity contribution is 6.31. The van der Waals surface area contributed by atoms with Gasteiger partial charge in [0.25, 0.3) is 5.78 Å². The van der Waals surface area contributed by atoms with E-state index in [1.54, 1.807) is 30.3 Å². The lowest BCUT2D eigenvalue weighted by Gasteiger charge is -2.18. The van der Waals surface area contributed by atoms with E-state index in [0.29, 0.717) is 21.0 Å². The molecule has 4 aromatic rings. The molecular formula is C17H8ClF5N4. The second-order valence-corrected chi connectivity index (χ2v) is 6.16. The van der Waals surface area contributed by atoms with Gasteiger partial charge in [-0.3, -0.25) is 4.40 Å². The summed E-state index contributed by atoms with van der Waals surface area (Å²) in [4.78, 5) is 4.16. The fourth-order valence-corrected chi connectivity index (χ4v) is 2.94. The minimum absolute atomic E-state index is 0.0344. The highest BCUT2D eigenvalue weighted by Crippen LogP contribution is 2.44. The molecule has 0 saturated carbocycles. The third kappa shape index (κ3) is 2.69. The number of aromatic nitrogens is 4. The predicted molar refractivity (Wildman–Crippen MR) is 88.7 cm³/mol. The lowest BCUT2D eigenvalue weighted by molar-refractivity contribution is -0.292. The van der Waals surface area contributed by atoms with Crippen molar-refractivity contribution < 1.29 is 22.0 Å². The number of halogens is 6. The van der Waals surface area contributed by atoms with Crippen LogP contribution in [0.15, 0.2) is 48.5 Å². The second-order valence-electron chi connectivity index (χ2n) is 5.72. The Balaban J connectivity index is 2.12. The Morgan fingerprint density at radius 2 is 1.59 bits per heavy atom. The van der Waals surface area contributed by atoms with Crippen LogP contribution in [0.5, 0.6) is 0 Å². The first kappa shape index (κ1) is 17.6. The molecule has 0 aliphatic heterocycles. The molecule has 0 unspecified atom stereocenters. The largest absolute Gasteiger partial charge is 0.461 e. The summed E-state index contributed by atoms with van der Waals surface area (Å²) in [6.07, 6.45) is -5.83. The van der Waals surface area contributed by atoms with E-state index in [-0.39, 0.29) is 16.3 Å². The van der Waals surface area contributed by atoms with Crippen LogP contribution in [-0.2, 0) is 5.92 Å². The lowest BCUT2D eigenvalue weighted by Crippen LogP contribution is -2.35. The topological polar surface area (TPSA) is 43.1 Å². The molecule has 2 aromatic carbocycles. The molecule has 4 nitrogen and oxygen atoms in total. The van der Waals surface area contributed by atoms with Gasteiger partial charge in [-0.1, -0.05) is 41.9 Å². The molecule has 0 amide bonds. The Morgan fingerprint density at radius 3 is 2.26 bits per heavy atom. The molecule has 4 rings (SSSR count). The molecule has 0 spiro atoms. The van der Waals surface area contributed by atoms with Crippen LogP contribution in [0.1, 0.15) is 5.82 Å². The number of hydrogen-bond donors (Lipinski definition) is 0. The third-order valence-electron chi connectivity index (χ3n) is 4.00. The van der Waals surface area contributed by atoms with Crippen molar-refractivity contribution >= 4 is 28.3 Å². The summed E-state index contributed by atoms with van der Waals surface area (Å²) in [5.41, 5.74) is 1.00. The zero-order chi connectivity index (χ0) is 19.4. The van der Waals surface area contributed by atoms with Gasteiger partial charge in [-0.05, 0) is 18.2 Å². The summed E-state index contributed by atoms with van der Waals surface area (Å²) in [7, 11) is 0. The van der Waals surface area contributed by atoms with Gasteiger partial charge >= 0.3 is 12.1 Å². The first-order valence-corrected chi connectivity index (χ1v) is 7.93. The van der Waals surface area contributed by atoms with Crippen molar-refractivity contribution in [3.8, 4) is 11.3 Å². The summed E-state index contributed by atoms with van der Waals surface area (Å²) >= 11 is 6.01. The van der Waals surface area contributed by atoms with Gasteiger partial charge in [-0.25, -0.2) is 4.98 Å². The van der Waals surface area contributed by atoms with Crippen molar-refractivity contribution in [1.82, 2.24) is 19.6 Å². The minimum atomic E-state index is -5.83. The molecule has 0 aliphatic carbocycles. The van der Waals surface area contributed by atoms with Crippen LogP contribution in [0.25, 0.3) is 27.9 Å². The summed E-state index contributed by atoms with van der Waals surface area (Å²) in [5.74, 6) is -7.12. The number of rotatable bonds is 2. The quantitative estimate of drug-likeness (QED) is 0.433. The lowest BCUT2D eigenvalue weighted by atomic mass is 10.1. The van der Waals surface area contributed by atoms with Crippen LogP contribution in [0, 0.1) is 0 Å². The first-order valence-electron chi connectivity index (χ1n) is 7.55. The molecule has 10 heteroatoms. The molecule has 0 radical (unpaired) electrons. The van der Waals surface area contributed by atoms with Crippen molar-refractivity contribution in [2.24, 2.45) is 0 Å². The molecule has 0 saturated heterocycles. The van der Waals surface area contributed by atoms with Gasteiger partial charge in [-0.15, -0.1) is 10.2 Å². The van der Waals surface area contributed by atoms with Crippen molar-refractivity contribution in [2.45, 2.75) is 12.1 Å². The fourth-order valence-electron chi connectivity index (χ4n) is 2.77. The predicted octanol–water partition coefficient (Wildman–Crippen LogP) is 5.25. The average molecular weight is 399 g/mol. The van der Waals surface area contributed by atoms with Crippen LogP contribution in [0.2, 0.25) is 5.02 Å². The van der Waals surface area contributed by atoms with E-state index in [0.717, 1.165) is 0 Å². The van der Waals surface area contributed by atoms with E-state index in [2.05, 4.69) is 15.2 Å². The fraction of sp³-hybridized carbons (Fsp3) is 0.118.